The van der Waals surface area contributed by atoms with Crippen LogP contribution in [0.3, 0.4) is 0 Å². The van der Waals surface area contributed by atoms with Gasteiger partial charge in [-0.3, -0.25) is 0 Å². The predicted octanol–water partition coefficient (Wildman–Crippen LogP) is 2.09. The first-order chi connectivity index (χ1) is 7.15. The van der Waals surface area contributed by atoms with Crippen LogP contribution in [0.4, 0.5) is 4.39 Å². The molecule has 2 N–H and O–H groups in total. The molecule has 0 aromatic heterocycles. The second-order valence-corrected chi connectivity index (χ2v) is 4.43. The molecule has 1 aliphatic carbocycles. The Morgan fingerprint density at radius 3 is 2.80 bits per heavy atom. The maximum absolute atomic E-state index is 12.9. The van der Waals surface area contributed by atoms with Gasteiger partial charge in [-0.1, -0.05) is 11.6 Å². The van der Waals surface area contributed by atoms with Crippen molar-refractivity contribution in [1.29, 1.82) is 0 Å². The van der Waals surface area contributed by atoms with Gasteiger partial charge in [-0.25, -0.2) is 4.39 Å². The number of aliphatic hydroxyl groups excluding tert-OH is 1. The zero-order chi connectivity index (χ0) is 10.9. The highest BCUT2D eigenvalue weighted by Crippen LogP contribution is 2.35. The molecular formula is C11H13ClFNO. The summed E-state index contributed by atoms with van der Waals surface area (Å²) < 4.78 is 12.9. The molecule has 1 aromatic rings. The lowest BCUT2D eigenvalue weighted by atomic mass is 10.2. The van der Waals surface area contributed by atoms with Crippen LogP contribution in [0.25, 0.3) is 0 Å². The predicted molar refractivity (Wildman–Crippen MR) is 57.3 cm³/mol. The Labute approximate surface area is 93.1 Å². The van der Waals surface area contributed by atoms with Crippen LogP contribution in [-0.4, -0.2) is 17.3 Å². The third-order valence-electron chi connectivity index (χ3n) is 2.82. The van der Waals surface area contributed by atoms with Gasteiger partial charge in [-0.2, -0.15) is 0 Å². The average Bonchev–Trinajstić information content (AvgIpc) is 3.00. The summed E-state index contributed by atoms with van der Waals surface area (Å²) in [6.07, 6.45) is 1.94. The fraction of sp³-hybridized carbons (Fsp3) is 0.455. The molecule has 0 aliphatic heterocycles. The average molecular weight is 230 g/mol. The summed E-state index contributed by atoms with van der Waals surface area (Å²) in [6, 6.07) is 4.31. The maximum Gasteiger partial charge on any atom is 0.123 e. The molecule has 0 saturated heterocycles. The lowest BCUT2D eigenvalue weighted by molar-refractivity contribution is 0.229. The quantitative estimate of drug-likeness (QED) is 0.829. The van der Waals surface area contributed by atoms with Gasteiger partial charge in [-0.15, -0.1) is 0 Å². The summed E-state index contributed by atoms with van der Waals surface area (Å²) in [7, 11) is 0. The Bertz CT molecular complexity index is 366. The molecule has 2 nitrogen and oxygen atoms in total. The van der Waals surface area contributed by atoms with E-state index in [1.54, 1.807) is 6.07 Å². The van der Waals surface area contributed by atoms with Crippen molar-refractivity contribution >= 4 is 11.6 Å². The molecule has 0 spiro atoms. The molecule has 82 valence electrons. The molecule has 0 atom stereocenters. The largest absolute Gasteiger partial charge is 0.394 e. The summed E-state index contributed by atoms with van der Waals surface area (Å²) in [4.78, 5) is 0. The minimum atomic E-state index is -0.287. The second-order valence-electron chi connectivity index (χ2n) is 4.03. The van der Waals surface area contributed by atoms with Gasteiger partial charge < -0.3 is 10.4 Å². The van der Waals surface area contributed by atoms with Crippen LogP contribution >= 0.6 is 11.6 Å². The van der Waals surface area contributed by atoms with E-state index in [9.17, 15) is 4.39 Å². The zero-order valence-electron chi connectivity index (χ0n) is 8.26. The van der Waals surface area contributed by atoms with Crippen LogP contribution in [0, 0.1) is 5.82 Å². The van der Waals surface area contributed by atoms with Crippen LogP contribution in [0.15, 0.2) is 18.2 Å². The summed E-state index contributed by atoms with van der Waals surface area (Å²) in [5, 5.41) is 12.8. The number of nitrogens with one attached hydrogen (secondary N) is 1. The molecule has 1 fully saturated rings. The van der Waals surface area contributed by atoms with Crippen molar-refractivity contribution in [1.82, 2.24) is 5.32 Å². The monoisotopic (exact) mass is 229 g/mol. The number of hydrogen-bond acceptors (Lipinski definition) is 2. The SMILES string of the molecule is OCC1(NCc2cc(F)ccc2Cl)CC1. The van der Waals surface area contributed by atoms with Gasteiger partial charge in [0.25, 0.3) is 0 Å². The van der Waals surface area contributed by atoms with Gasteiger partial charge in [0.1, 0.15) is 5.82 Å². The first-order valence-electron chi connectivity index (χ1n) is 4.95. The van der Waals surface area contributed by atoms with Crippen molar-refractivity contribution < 1.29 is 9.50 Å². The molecule has 1 aromatic carbocycles. The normalized spacial score (nSPS) is 17.8. The molecule has 0 radical (unpaired) electrons. The first kappa shape index (κ1) is 10.9. The Kier molecular flexibility index (Phi) is 2.96. The number of rotatable bonds is 4. The van der Waals surface area contributed by atoms with Crippen LogP contribution in [0.2, 0.25) is 5.02 Å². The highest BCUT2D eigenvalue weighted by Gasteiger charge is 2.41. The van der Waals surface area contributed by atoms with Crippen molar-refractivity contribution in [3.63, 3.8) is 0 Å². The Hall–Kier alpha value is -0.640. The van der Waals surface area contributed by atoms with Gasteiger partial charge in [-0.05, 0) is 36.6 Å². The Morgan fingerprint density at radius 2 is 2.20 bits per heavy atom. The summed E-state index contributed by atoms with van der Waals surface area (Å²) in [6.45, 7) is 0.622. The molecule has 0 unspecified atom stereocenters. The lowest BCUT2D eigenvalue weighted by Gasteiger charge is -2.14. The number of aliphatic hydroxyl groups is 1. The van der Waals surface area contributed by atoms with Crippen LogP contribution in [0.1, 0.15) is 18.4 Å². The molecule has 0 bridgehead atoms. The summed E-state index contributed by atoms with van der Waals surface area (Å²) >= 11 is 5.92. The van der Waals surface area contributed by atoms with E-state index < -0.39 is 0 Å². The van der Waals surface area contributed by atoms with Crippen molar-refractivity contribution in [3.05, 3.63) is 34.6 Å². The third-order valence-corrected chi connectivity index (χ3v) is 3.19. The number of benzene rings is 1. The van der Waals surface area contributed by atoms with Gasteiger partial charge in [0, 0.05) is 17.1 Å². The highest BCUT2D eigenvalue weighted by molar-refractivity contribution is 6.31. The van der Waals surface area contributed by atoms with Crippen LogP contribution in [-0.2, 0) is 6.54 Å². The minimum Gasteiger partial charge on any atom is -0.394 e. The topological polar surface area (TPSA) is 32.3 Å². The Balaban J connectivity index is 2.01. The van der Waals surface area contributed by atoms with E-state index in [1.807, 2.05) is 0 Å². The van der Waals surface area contributed by atoms with Crippen molar-refractivity contribution in [2.45, 2.75) is 24.9 Å². The van der Waals surface area contributed by atoms with Gasteiger partial charge in [0.15, 0.2) is 0 Å². The van der Waals surface area contributed by atoms with E-state index in [2.05, 4.69) is 5.32 Å². The fourth-order valence-electron chi connectivity index (χ4n) is 1.50. The first-order valence-corrected chi connectivity index (χ1v) is 5.33. The molecule has 2 rings (SSSR count). The maximum atomic E-state index is 12.9. The summed E-state index contributed by atoms with van der Waals surface area (Å²) in [5.41, 5.74) is 0.590. The molecular weight excluding hydrogens is 217 g/mol. The minimum absolute atomic E-state index is 0.125. The fourth-order valence-corrected chi connectivity index (χ4v) is 1.69. The van der Waals surface area contributed by atoms with E-state index in [-0.39, 0.29) is 18.0 Å². The molecule has 4 heteroatoms. The van der Waals surface area contributed by atoms with E-state index in [1.165, 1.54) is 12.1 Å². The smallest absolute Gasteiger partial charge is 0.123 e. The molecule has 1 saturated carbocycles. The number of halogens is 2. The summed E-state index contributed by atoms with van der Waals surface area (Å²) in [5.74, 6) is -0.287. The highest BCUT2D eigenvalue weighted by atomic mass is 35.5. The van der Waals surface area contributed by atoms with Crippen molar-refractivity contribution in [2.75, 3.05) is 6.61 Å². The zero-order valence-corrected chi connectivity index (χ0v) is 9.02. The van der Waals surface area contributed by atoms with Gasteiger partial charge in [0.05, 0.1) is 6.61 Å². The van der Waals surface area contributed by atoms with Crippen LogP contribution in [0.5, 0.6) is 0 Å². The van der Waals surface area contributed by atoms with E-state index in [0.29, 0.717) is 11.6 Å². The third kappa shape index (κ3) is 2.48. The molecule has 0 amide bonds. The van der Waals surface area contributed by atoms with E-state index >= 15 is 0 Å². The van der Waals surface area contributed by atoms with Gasteiger partial charge >= 0.3 is 0 Å². The second kappa shape index (κ2) is 4.08. The van der Waals surface area contributed by atoms with E-state index in [0.717, 1.165) is 18.4 Å². The van der Waals surface area contributed by atoms with Crippen LogP contribution < -0.4 is 5.32 Å². The van der Waals surface area contributed by atoms with Crippen molar-refractivity contribution in [3.8, 4) is 0 Å². The van der Waals surface area contributed by atoms with Crippen molar-refractivity contribution in [2.24, 2.45) is 0 Å². The molecule has 15 heavy (non-hydrogen) atoms. The molecule has 0 heterocycles. The van der Waals surface area contributed by atoms with E-state index in [4.69, 9.17) is 16.7 Å². The Morgan fingerprint density at radius 1 is 1.47 bits per heavy atom. The standard InChI is InChI=1S/C11H13ClFNO/c12-10-2-1-9(13)5-8(10)6-14-11(7-15)3-4-11/h1-2,5,14-15H,3-4,6-7H2. The lowest BCUT2D eigenvalue weighted by Crippen LogP contribution is -2.34. The number of hydrogen-bond donors (Lipinski definition) is 2. The van der Waals surface area contributed by atoms with Gasteiger partial charge in [0.2, 0.25) is 0 Å². The molecule has 1 aliphatic rings.